The van der Waals surface area contributed by atoms with Crippen molar-refractivity contribution in [1.29, 1.82) is 0 Å². The first kappa shape index (κ1) is 29.1. The molecule has 0 fully saturated rings. The summed E-state index contributed by atoms with van der Waals surface area (Å²) in [5.74, 6) is 0.235. The summed E-state index contributed by atoms with van der Waals surface area (Å²) >= 11 is 1.28. The van der Waals surface area contributed by atoms with Gasteiger partial charge in [0, 0.05) is 0 Å². The molecule has 0 unspecified atom stereocenters. The number of amides is 1. The first-order chi connectivity index (χ1) is 17.8. The topological polar surface area (TPSA) is 84.9 Å². The zero-order valence-electron chi connectivity index (χ0n) is 23.4. The summed E-state index contributed by atoms with van der Waals surface area (Å²) in [4.78, 5) is 25.2. The minimum atomic E-state index is -1.41. The second-order valence-electron chi connectivity index (χ2n) is 10.6. The molecule has 202 valence electrons. The van der Waals surface area contributed by atoms with E-state index in [0.29, 0.717) is 10.6 Å². The van der Waals surface area contributed by atoms with E-state index in [4.69, 9.17) is 4.74 Å². The number of carbonyl (C=O) groups is 2. The van der Waals surface area contributed by atoms with E-state index in [2.05, 4.69) is 68.9 Å². The molecule has 0 saturated heterocycles. The highest BCUT2D eigenvalue weighted by Gasteiger charge is 2.20. The number of esters is 1. The van der Waals surface area contributed by atoms with Crippen LogP contribution in [0, 0.1) is 13.8 Å². The number of aliphatic hydroxyl groups is 1. The maximum absolute atomic E-state index is 12.5. The minimum absolute atomic E-state index is 0.105. The molecule has 3 aromatic rings. The molecule has 2 N–H and O–H groups in total. The van der Waals surface area contributed by atoms with Crippen molar-refractivity contribution in [2.45, 2.75) is 60.0 Å². The summed E-state index contributed by atoms with van der Waals surface area (Å²) < 4.78 is 10.8. The molecular formula is C31H37NO5S. The van der Waals surface area contributed by atoms with Crippen LogP contribution in [0.1, 0.15) is 65.9 Å². The minimum Gasteiger partial charge on any atom is -0.467 e. The van der Waals surface area contributed by atoms with E-state index in [9.17, 15) is 14.7 Å². The summed E-state index contributed by atoms with van der Waals surface area (Å²) in [6.45, 7) is 14.5. The van der Waals surface area contributed by atoms with Gasteiger partial charge < -0.3 is 19.9 Å². The maximum atomic E-state index is 12.5. The molecule has 0 aliphatic rings. The van der Waals surface area contributed by atoms with Crippen molar-refractivity contribution in [2.24, 2.45) is 0 Å². The number of ether oxygens (including phenoxy) is 2. The Balaban J connectivity index is 1.80. The second kappa shape index (κ2) is 12.0. The molecule has 0 saturated carbocycles. The third-order valence-electron chi connectivity index (χ3n) is 6.20. The monoisotopic (exact) mass is 535 g/mol. The van der Waals surface area contributed by atoms with Crippen molar-refractivity contribution in [3.05, 3.63) is 80.5 Å². The predicted molar refractivity (Wildman–Crippen MR) is 154 cm³/mol. The van der Waals surface area contributed by atoms with Crippen molar-refractivity contribution in [2.75, 3.05) is 13.7 Å². The molecule has 6 nitrogen and oxygen atoms in total. The van der Waals surface area contributed by atoms with Crippen LogP contribution < -0.4 is 10.1 Å². The van der Waals surface area contributed by atoms with E-state index in [-0.39, 0.29) is 17.9 Å². The van der Waals surface area contributed by atoms with Crippen molar-refractivity contribution in [3.8, 4) is 16.9 Å². The van der Waals surface area contributed by atoms with Crippen LogP contribution in [0.2, 0.25) is 0 Å². The summed E-state index contributed by atoms with van der Waals surface area (Å²) in [5, 5.41) is 12.3. The van der Waals surface area contributed by atoms with E-state index < -0.39 is 12.1 Å². The number of thiophene rings is 1. The molecule has 0 spiro atoms. The molecule has 1 atom stereocenters. The molecule has 0 aliphatic heterocycles. The summed E-state index contributed by atoms with van der Waals surface area (Å²) in [5.41, 5.74) is 6.98. The Morgan fingerprint density at radius 1 is 0.974 bits per heavy atom. The number of carbonyl (C=O) groups excluding carboxylic acids is 2. The Hall–Kier alpha value is -3.42. The molecule has 1 amide bonds. The number of benzene rings is 2. The molecule has 1 heterocycles. The van der Waals surface area contributed by atoms with Gasteiger partial charge in [-0.15, -0.1) is 11.3 Å². The molecule has 7 heteroatoms. The number of hydrogen-bond acceptors (Lipinski definition) is 6. The molecule has 3 rings (SSSR count). The van der Waals surface area contributed by atoms with Gasteiger partial charge in [-0.1, -0.05) is 45.0 Å². The van der Waals surface area contributed by atoms with Crippen molar-refractivity contribution < 1.29 is 24.2 Å². The summed E-state index contributed by atoms with van der Waals surface area (Å²) in [6, 6.07) is 16.4. The van der Waals surface area contributed by atoms with Gasteiger partial charge in [-0.05, 0) is 90.8 Å². The van der Waals surface area contributed by atoms with E-state index in [1.807, 2.05) is 32.0 Å². The Labute approximate surface area is 229 Å². The summed E-state index contributed by atoms with van der Waals surface area (Å²) in [6.07, 6.45) is -1.41. The molecule has 0 radical (unpaired) electrons. The quantitative estimate of drug-likeness (QED) is 0.257. The fourth-order valence-corrected chi connectivity index (χ4v) is 5.18. The highest BCUT2D eigenvalue weighted by Crippen LogP contribution is 2.35. The van der Waals surface area contributed by atoms with Gasteiger partial charge in [0.25, 0.3) is 5.91 Å². The second-order valence-corrected chi connectivity index (χ2v) is 11.7. The first-order valence-electron chi connectivity index (χ1n) is 12.5. The van der Waals surface area contributed by atoms with Crippen molar-refractivity contribution in [3.63, 3.8) is 0 Å². The number of aliphatic hydroxyl groups excluding tert-OH is 1. The fraction of sp³-hybridized carbons (Fsp3) is 0.355. The number of nitrogens with one attached hydrogen (secondary N) is 1. The van der Waals surface area contributed by atoms with Crippen molar-refractivity contribution in [1.82, 2.24) is 5.32 Å². The van der Waals surface area contributed by atoms with Gasteiger partial charge in [-0.3, -0.25) is 4.79 Å². The number of methoxy groups -OCH3 is 1. The lowest BCUT2D eigenvalue weighted by atomic mass is 9.85. The lowest BCUT2D eigenvalue weighted by Gasteiger charge is -2.20. The Morgan fingerprint density at radius 2 is 1.55 bits per heavy atom. The molecule has 38 heavy (non-hydrogen) atoms. The van der Waals surface area contributed by atoms with Gasteiger partial charge in [0.2, 0.25) is 0 Å². The van der Waals surface area contributed by atoms with E-state index in [0.717, 1.165) is 27.3 Å². The zero-order chi connectivity index (χ0) is 28.2. The summed E-state index contributed by atoms with van der Waals surface area (Å²) in [7, 11) is 1.18. The largest absolute Gasteiger partial charge is 0.467 e. The number of allylic oxidation sites excluding steroid dienone is 1. The smallest absolute Gasteiger partial charge is 0.336 e. The van der Waals surface area contributed by atoms with Crippen LogP contribution in [0.25, 0.3) is 16.9 Å². The van der Waals surface area contributed by atoms with Crippen LogP contribution >= 0.6 is 11.3 Å². The average molecular weight is 536 g/mol. The molecule has 0 aliphatic carbocycles. The first-order valence-corrected chi connectivity index (χ1v) is 13.3. The van der Waals surface area contributed by atoms with E-state index >= 15 is 0 Å². The third kappa shape index (κ3) is 6.91. The highest BCUT2D eigenvalue weighted by molar-refractivity contribution is 7.15. The highest BCUT2D eigenvalue weighted by atomic mass is 32.1. The lowest BCUT2D eigenvalue weighted by molar-refractivity contribution is -0.149. The maximum Gasteiger partial charge on any atom is 0.336 e. The van der Waals surface area contributed by atoms with Gasteiger partial charge in [-0.25, -0.2) is 4.79 Å². The van der Waals surface area contributed by atoms with Crippen LogP contribution in [-0.2, 0) is 14.9 Å². The molecule has 1 aromatic heterocycles. The predicted octanol–water partition coefficient (Wildman–Crippen LogP) is 6.42. The van der Waals surface area contributed by atoms with E-state index in [1.54, 1.807) is 6.07 Å². The van der Waals surface area contributed by atoms with Crippen LogP contribution in [0.5, 0.6) is 5.75 Å². The molecular weight excluding hydrogens is 498 g/mol. The Morgan fingerprint density at radius 3 is 2.08 bits per heavy atom. The standard InChI is InChI=1S/C31H37NO5S/c1-18(2)28(25-13-14-26(38-25)29(34)32-17-24(33)30(35)36-8)37-23-15-19(3)27(20(4)16-23)21-9-11-22(12-10-21)31(5,6)7/h9-16,24,33H,17H2,1-8H3,(H,32,34)/t24-/m1/s1. The number of aryl methyl sites for hydroxylation is 2. The van der Waals surface area contributed by atoms with Crippen LogP contribution in [0.4, 0.5) is 0 Å². The third-order valence-corrected chi connectivity index (χ3v) is 7.29. The Bertz CT molecular complexity index is 1320. The number of rotatable bonds is 8. The van der Waals surface area contributed by atoms with Gasteiger partial charge >= 0.3 is 5.97 Å². The molecule has 2 aromatic carbocycles. The fourth-order valence-electron chi connectivity index (χ4n) is 4.17. The average Bonchev–Trinajstić information content (AvgIpc) is 3.34. The SMILES string of the molecule is COC(=O)[C@H](O)CNC(=O)c1ccc(C(Oc2cc(C)c(-c3ccc(C(C)(C)C)cc3)c(C)c2)=C(C)C)s1. The van der Waals surface area contributed by atoms with Crippen molar-refractivity contribution >= 4 is 29.0 Å². The normalized spacial score (nSPS) is 12.0. The van der Waals surface area contributed by atoms with Gasteiger partial charge in [0.15, 0.2) is 6.10 Å². The van der Waals surface area contributed by atoms with Crippen LogP contribution in [-0.4, -0.2) is 36.7 Å². The Kier molecular flexibility index (Phi) is 9.18. The lowest BCUT2D eigenvalue weighted by Crippen LogP contribution is -2.36. The van der Waals surface area contributed by atoms with Crippen LogP contribution in [0.15, 0.2) is 54.1 Å². The van der Waals surface area contributed by atoms with Gasteiger partial charge in [-0.2, -0.15) is 0 Å². The van der Waals surface area contributed by atoms with Crippen LogP contribution in [0.3, 0.4) is 0 Å². The van der Waals surface area contributed by atoms with E-state index in [1.165, 1.54) is 35.1 Å². The zero-order valence-corrected chi connectivity index (χ0v) is 24.2. The van der Waals surface area contributed by atoms with Gasteiger partial charge in [0.05, 0.1) is 23.4 Å². The number of hydrogen-bond donors (Lipinski definition) is 2. The molecule has 0 bridgehead atoms. The van der Waals surface area contributed by atoms with Gasteiger partial charge in [0.1, 0.15) is 11.5 Å².